The van der Waals surface area contributed by atoms with Gasteiger partial charge in [0.15, 0.2) is 0 Å². The van der Waals surface area contributed by atoms with E-state index in [0.717, 1.165) is 5.33 Å². The van der Waals surface area contributed by atoms with Crippen LogP contribution in [0.2, 0.25) is 0 Å². The third-order valence-corrected chi connectivity index (χ3v) is 5.68. The van der Waals surface area contributed by atoms with E-state index < -0.39 is 0 Å². The quantitative estimate of drug-likeness (QED) is 0.649. The van der Waals surface area contributed by atoms with E-state index in [1.807, 2.05) is 0 Å². The summed E-state index contributed by atoms with van der Waals surface area (Å²) in [7, 11) is 0. The van der Waals surface area contributed by atoms with E-state index in [0.29, 0.717) is 5.41 Å². The van der Waals surface area contributed by atoms with Gasteiger partial charge in [0.2, 0.25) is 0 Å². The van der Waals surface area contributed by atoms with Crippen molar-refractivity contribution in [3.05, 3.63) is 34.3 Å². The Balaban J connectivity index is 2.15. The highest BCUT2D eigenvalue weighted by Crippen LogP contribution is 2.41. The third-order valence-electron chi connectivity index (χ3n) is 3.72. The predicted octanol–water partition coefficient (Wildman–Crippen LogP) is 5.34. The lowest BCUT2D eigenvalue weighted by Crippen LogP contribution is -2.28. The molecular formula is C14H18Br2. The molecule has 16 heavy (non-hydrogen) atoms. The smallest absolute Gasteiger partial charge is 0.0207 e. The molecule has 1 saturated carbocycles. The molecule has 0 spiro atoms. The number of halogens is 2. The number of hydrogen-bond donors (Lipinski definition) is 0. The molecule has 0 heterocycles. The van der Waals surface area contributed by atoms with Crippen molar-refractivity contribution in [1.29, 1.82) is 0 Å². The number of rotatable bonds is 3. The Morgan fingerprint density at radius 2 is 1.75 bits per heavy atom. The van der Waals surface area contributed by atoms with Crippen LogP contribution in [-0.4, -0.2) is 5.33 Å². The van der Waals surface area contributed by atoms with E-state index >= 15 is 0 Å². The molecule has 0 aliphatic heterocycles. The molecule has 2 rings (SSSR count). The molecule has 1 aliphatic carbocycles. The van der Waals surface area contributed by atoms with Crippen LogP contribution in [0.4, 0.5) is 0 Å². The van der Waals surface area contributed by atoms with E-state index in [9.17, 15) is 0 Å². The number of benzene rings is 1. The Labute approximate surface area is 115 Å². The normalized spacial score (nSPS) is 19.6. The third kappa shape index (κ3) is 2.89. The van der Waals surface area contributed by atoms with Crippen molar-refractivity contribution in [1.82, 2.24) is 0 Å². The van der Waals surface area contributed by atoms with Crippen molar-refractivity contribution in [3.8, 4) is 0 Å². The summed E-state index contributed by atoms with van der Waals surface area (Å²) in [5, 5.41) is 1.14. The van der Waals surface area contributed by atoms with Gasteiger partial charge in [0.1, 0.15) is 0 Å². The maximum atomic E-state index is 3.73. The molecular weight excluding hydrogens is 328 g/mol. The van der Waals surface area contributed by atoms with Gasteiger partial charge in [-0.05, 0) is 36.3 Å². The van der Waals surface area contributed by atoms with Crippen LogP contribution in [0.15, 0.2) is 28.7 Å². The number of hydrogen-bond acceptors (Lipinski definition) is 0. The van der Waals surface area contributed by atoms with Crippen LogP contribution >= 0.6 is 31.9 Å². The van der Waals surface area contributed by atoms with Crippen molar-refractivity contribution in [2.75, 3.05) is 5.33 Å². The van der Waals surface area contributed by atoms with Crippen LogP contribution in [0.25, 0.3) is 0 Å². The molecule has 1 aromatic rings. The molecule has 0 N–H and O–H groups in total. The fourth-order valence-electron chi connectivity index (χ4n) is 2.71. The summed E-state index contributed by atoms with van der Waals surface area (Å²) < 4.78 is 1.26. The highest BCUT2D eigenvalue weighted by atomic mass is 79.9. The Kier molecular flexibility index (Phi) is 4.48. The Morgan fingerprint density at radius 3 is 2.38 bits per heavy atom. The summed E-state index contributed by atoms with van der Waals surface area (Å²) in [6.07, 6.45) is 8.18. The monoisotopic (exact) mass is 344 g/mol. The lowest BCUT2D eigenvalue weighted by atomic mass is 9.72. The maximum Gasteiger partial charge on any atom is 0.0207 e. The van der Waals surface area contributed by atoms with Gasteiger partial charge in [0, 0.05) is 9.80 Å². The van der Waals surface area contributed by atoms with Gasteiger partial charge in [0.25, 0.3) is 0 Å². The predicted molar refractivity (Wildman–Crippen MR) is 77.2 cm³/mol. The minimum atomic E-state index is 0.502. The molecule has 0 amide bonds. The second-order valence-electron chi connectivity index (χ2n) is 4.96. The molecule has 88 valence electrons. The summed E-state index contributed by atoms with van der Waals surface area (Å²) in [6, 6.07) is 8.64. The Hall–Kier alpha value is 0.180. The van der Waals surface area contributed by atoms with Gasteiger partial charge in [-0.1, -0.05) is 69.3 Å². The van der Waals surface area contributed by atoms with Gasteiger partial charge in [-0.15, -0.1) is 0 Å². The first kappa shape index (κ1) is 12.6. The summed E-state index contributed by atoms with van der Waals surface area (Å²) in [6.45, 7) is 0. The SMILES string of the molecule is BrCC1(Cc2ccccc2Br)CCCCC1. The van der Waals surface area contributed by atoms with Crippen molar-refractivity contribution in [2.24, 2.45) is 5.41 Å². The largest absolute Gasteiger partial charge is 0.0922 e. The van der Waals surface area contributed by atoms with Gasteiger partial charge in [-0.25, -0.2) is 0 Å². The van der Waals surface area contributed by atoms with E-state index in [2.05, 4.69) is 56.1 Å². The fourth-order valence-corrected chi connectivity index (χ4v) is 3.89. The Bertz CT molecular complexity index is 340. The molecule has 0 nitrogen and oxygen atoms in total. The molecule has 1 aliphatic rings. The topological polar surface area (TPSA) is 0 Å². The zero-order valence-electron chi connectivity index (χ0n) is 9.52. The van der Waals surface area contributed by atoms with E-state index in [-0.39, 0.29) is 0 Å². The molecule has 1 fully saturated rings. The molecule has 0 bridgehead atoms. The fraction of sp³-hybridized carbons (Fsp3) is 0.571. The zero-order chi connectivity index (χ0) is 11.4. The van der Waals surface area contributed by atoms with Crippen LogP contribution in [0.1, 0.15) is 37.7 Å². The summed E-state index contributed by atoms with van der Waals surface area (Å²) in [5.41, 5.74) is 1.96. The molecule has 0 atom stereocenters. The minimum absolute atomic E-state index is 0.502. The van der Waals surface area contributed by atoms with Crippen LogP contribution in [0.3, 0.4) is 0 Å². The molecule has 1 aromatic carbocycles. The first-order chi connectivity index (χ1) is 7.76. The van der Waals surface area contributed by atoms with Crippen LogP contribution in [0, 0.1) is 5.41 Å². The van der Waals surface area contributed by atoms with Gasteiger partial charge in [-0.3, -0.25) is 0 Å². The first-order valence-corrected chi connectivity index (χ1v) is 7.97. The number of alkyl halides is 1. The van der Waals surface area contributed by atoms with Gasteiger partial charge < -0.3 is 0 Å². The summed E-state index contributed by atoms with van der Waals surface area (Å²) in [4.78, 5) is 0. The van der Waals surface area contributed by atoms with Crippen molar-refractivity contribution < 1.29 is 0 Å². The minimum Gasteiger partial charge on any atom is -0.0922 e. The van der Waals surface area contributed by atoms with Crippen LogP contribution < -0.4 is 0 Å². The Morgan fingerprint density at radius 1 is 1.06 bits per heavy atom. The lowest BCUT2D eigenvalue weighted by Gasteiger charge is -2.36. The van der Waals surface area contributed by atoms with Crippen molar-refractivity contribution in [3.63, 3.8) is 0 Å². The highest BCUT2D eigenvalue weighted by molar-refractivity contribution is 9.10. The van der Waals surface area contributed by atoms with Crippen molar-refractivity contribution in [2.45, 2.75) is 38.5 Å². The second kappa shape index (κ2) is 5.68. The average molecular weight is 346 g/mol. The first-order valence-electron chi connectivity index (χ1n) is 6.05. The molecule has 0 aromatic heterocycles. The van der Waals surface area contributed by atoms with Gasteiger partial charge in [-0.2, -0.15) is 0 Å². The van der Waals surface area contributed by atoms with Crippen molar-refractivity contribution >= 4 is 31.9 Å². The molecule has 0 saturated heterocycles. The maximum absolute atomic E-state index is 3.73. The summed E-state index contributed by atoms with van der Waals surface area (Å²) in [5.74, 6) is 0. The van der Waals surface area contributed by atoms with E-state index in [1.165, 1.54) is 48.6 Å². The molecule has 0 radical (unpaired) electrons. The summed E-state index contributed by atoms with van der Waals surface area (Å²) >= 11 is 7.40. The van der Waals surface area contributed by atoms with E-state index in [1.54, 1.807) is 0 Å². The lowest BCUT2D eigenvalue weighted by molar-refractivity contribution is 0.223. The second-order valence-corrected chi connectivity index (χ2v) is 6.38. The standard InChI is InChI=1S/C14H18Br2/c15-11-14(8-4-1-5-9-14)10-12-6-2-3-7-13(12)16/h2-3,6-7H,1,4-5,8-11H2. The van der Waals surface area contributed by atoms with Crippen LogP contribution in [-0.2, 0) is 6.42 Å². The molecule has 0 unspecified atom stereocenters. The highest BCUT2D eigenvalue weighted by Gasteiger charge is 2.31. The van der Waals surface area contributed by atoms with E-state index in [4.69, 9.17) is 0 Å². The van der Waals surface area contributed by atoms with Crippen LogP contribution in [0.5, 0.6) is 0 Å². The zero-order valence-corrected chi connectivity index (χ0v) is 12.7. The van der Waals surface area contributed by atoms with Gasteiger partial charge in [0.05, 0.1) is 0 Å². The average Bonchev–Trinajstić information content (AvgIpc) is 2.33. The van der Waals surface area contributed by atoms with Gasteiger partial charge >= 0.3 is 0 Å². The molecule has 2 heteroatoms.